The number of carboxylic acid groups (broad SMARTS) is 1. The van der Waals surface area contributed by atoms with Gasteiger partial charge in [-0.2, -0.15) is 0 Å². The van der Waals surface area contributed by atoms with Crippen LogP contribution < -0.4 is 0 Å². The molecule has 0 aromatic carbocycles. The summed E-state index contributed by atoms with van der Waals surface area (Å²) >= 11 is 0. The number of carbonyl (C=O) groups is 3. The highest BCUT2D eigenvalue weighted by molar-refractivity contribution is 5.91. The van der Waals surface area contributed by atoms with Crippen molar-refractivity contribution >= 4 is 17.9 Å². The highest BCUT2D eigenvalue weighted by Crippen LogP contribution is 2.51. The predicted octanol–water partition coefficient (Wildman–Crippen LogP) is -2.80. The topological polar surface area (TPSA) is 248 Å². The van der Waals surface area contributed by atoms with Gasteiger partial charge in [0.05, 0.1) is 49.8 Å². The molecular formula is C28H42O16. The summed E-state index contributed by atoms with van der Waals surface area (Å²) in [4.78, 5) is 35.5. The first kappa shape index (κ1) is 33.4. The molecule has 0 aromatic rings. The molecule has 3 saturated heterocycles. The van der Waals surface area contributed by atoms with E-state index in [-0.39, 0.29) is 43.9 Å². The third-order valence-electron chi connectivity index (χ3n) is 9.71. The fourth-order valence-electron chi connectivity index (χ4n) is 7.49. The zero-order valence-corrected chi connectivity index (χ0v) is 24.2. The SMILES string of the molecule is COC(=O)CC(=O)OC[C@H]1O[C@@H](OC2C3CC(C(=O)O)OC4CC(O)CC(OC2C2CCC(O)C(O)C2)C43)[C@H](O)[C@@H](O)[C@@H]1O. The van der Waals surface area contributed by atoms with Crippen LogP contribution in [0.25, 0.3) is 0 Å². The fourth-order valence-corrected chi connectivity index (χ4v) is 7.49. The standard InChI is InChI=1S/C28H42O16/c1-39-19(32)8-20(33)40-9-18-22(34)23(35)24(36)28(43-18)44-26-12-7-17(27(37)38)41-15-5-11(29)6-16(21(12)15)42-25(26)10-2-3-13(30)14(31)4-10/h10-18,21-26,28-31,34-36H,2-9H2,1H3,(H,37,38)/t10?,11?,12?,13?,14?,15?,16?,17?,18-,21?,22-,23+,24-,25?,26?,28+/m1/s1. The molecule has 0 radical (unpaired) electrons. The van der Waals surface area contributed by atoms with Gasteiger partial charge in [-0.15, -0.1) is 0 Å². The van der Waals surface area contributed by atoms with Gasteiger partial charge < -0.3 is 64.2 Å². The van der Waals surface area contributed by atoms with Crippen LogP contribution in [0.4, 0.5) is 0 Å². The number of aliphatic hydroxyl groups excluding tert-OH is 6. The molecule has 0 spiro atoms. The van der Waals surface area contributed by atoms with E-state index in [2.05, 4.69) is 4.74 Å². The Morgan fingerprint density at radius 3 is 2.16 bits per heavy atom. The second-order valence-electron chi connectivity index (χ2n) is 12.5. The van der Waals surface area contributed by atoms with Crippen molar-refractivity contribution in [2.24, 2.45) is 17.8 Å². The van der Waals surface area contributed by atoms with Crippen molar-refractivity contribution in [2.45, 2.75) is 124 Å². The molecule has 0 amide bonds. The van der Waals surface area contributed by atoms with E-state index in [1.807, 2.05) is 0 Å². The monoisotopic (exact) mass is 634 g/mol. The normalized spacial score (nSPS) is 47.2. The molecule has 3 aliphatic heterocycles. The molecule has 0 bridgehead atoms. The molecular weight excluding hydrogens is 592 g/mol. The summed E-state index contributed by atoms with van der Waals surface area (Å²) in [5, 5.41) is 73.2. The number of ether oxygens (including phenoxy) is 6. The van der Waals surface area contributed by atoms with Crippen molar-refractivity contribution in [1.29, 1.82) is 0 Å². The Hall–Kier alpha value is -1.99. The molecule has 7 N–H and O–H groups in total. The largest absolute Gasteiger partial charge is 0.479 e. The number of carbonyl (C=O) groups excluding carboxylic acids is 2. The zero-order valence-electron chi connectivity index (χ0n) is 24.2. The maximum atomic E-state index is 12.1. The minimum atomic E-state index is -1.79. The minimum absolute atomic E-state index is 0.00802. The molecule has 5 rings (SSSR count). The van der Waals surface area contributed by atoms with Gasteiger partial charge in [0.15, 0.2) is 12.4 Å². The number of carboxylic acids is 1. The second-order valence-corrected chi connectivity index (χ2v) is 12.5. The van der Waals surface area contributed by atoms with Gasteiger partial charge in [-0.1, -0.05) is 0 Å². The smallest absolute Gasteiger partial charge is 0.332 e. The van der Waals surface area contributed by atoms with Crippen LogP contribution in [0.1, 0.15) is 44.9 Å². The summed E-state index contributed by atoms with van der Waals surface area (Å²) < 4.78 is 34.0. The van der Waals surface area contributed by atoms with Crippen molar-refractivity contribution in [3.05, 3.63) is 0 Å². The van der Waals surface area contributed by atoms with Crippen LogP contribution in [0.3, 0.4) is 0 Å². The van der Waals surface area contributed by atoms with E-state index in [9.17, 15) is 50.1 Å². The number of rotatable bonds is 8. The molecule has 250 valence electrons. The lowest BCUT2D eigenvalue weighted by Gasteiger charge is -2.57. The van der Waals surface area contributed by atoms with Crippen molar-refractivity contribution in [3.63, 3.8) is 0 Å². The Kier molecular flexibility index (Phi) is 10.5. The molecule has 3 heterocycles. The molecule has 16 atom stereocenters. The Labute approximate surface area is 252 Å². The van der Waals surface area contributed by atoms with Crippen LogP contribution in [0.5, 0.6) is 0 Å². The van der Waals surface area contributed by atoms with Crippen molar-refractivity contribution in [1.82, 2.24) is 0 Å². The molecule has 16 nitrogen and oxygen atoms in total. The van der Waals surface area contributed by atoms with Gasteiger partial charge in [0.1, 0.15) is 37.4 Å². The average Bonchev–Trinajstić information content (AvgIpc) is 2.98. The number of aliphatic hydroxyl groups is 6. The maximum absolute atomic E-state index is 12.1. The molecule has 2 aliphatic carbocycles. The lowest BCUT2D eigenvalue weighted by atomic mass is 9.64. The molecule has 0 aromatic heterocycles. The number of esters is 2. The number of aliphatic carboxylic acids is 1. The summed E-state index contributed by atoms with van der Waals surface area (Å²) in [5.41, 5.74) is 0. The van der Waals surface area contributed by atoms with Gasteiger partial charge in [0.25, 0.3) is 0 Å². The first-order valence-electron chi connectivity index (χ1n) is 15.0. The van der Waals surface area contributed by atoms with Gasteiger partial charge in [0, 0.05) is 12.3 Å². The van der Waals surface area contributed by atoms with E-state index >= 15 is 0 Å². The van der Waals surface area contributed by atoms with Gasteiger partial charge >= 0.3 is 17.9 Å². The van der Waals surface area contributed by atoms with Crippen LogP contribution in [0.2, 0.25) is 0 Å². The first-order valence-corrected chi connectivity index (χ1v) is 15.0. The Morgan fingerprint density at radius 2 is 1.50 bits per heavy atom. The highest BCUT2D eigenvalue weighted by atomic mass is 16.7. The zero-order chi connectivity index (χ0) is 31.9. The summed E-state index contributed by atoms with van der Waals surface area (Å²) in [6.07, 6.45) is -14.5. The number of hydrogen-bond donors (Lipinski definition) is 7. The van der Waals surface area contributed by atoms with Crippen LogP contribution >= 0.6 is 0 Å². The molecule has 2 saturated carbocycles. The Morgan fingerprint density at radius 1 is 0.795 bits per heavy atom. The Balaban J connectivity index is 1.41. The van der Waals surface area contributed by atoms with E-state index < -0.39 is 116 Å². The van der Waals surface area contributed by atoms with E-state index in [1.165, 1.54) is 0 Å². The molecule has 44 heavy (non-hydrogen) atoms. The van der Waals surface area contributed by atoms with Gasteiger partial charge in [-0.25, -0.2) is 4.79 Å². The minimum Gasteiger partial charge on any atom is -0.479 e. The summed E-state index contributed by atoms with van der Waals surface area (Å²) in [7, 11) is 1.10. The third kappa shape index (κ3) is 6.89. The molecule has 11 unspecified atom stereocenters. The number of methoxy groups -OCH3 is 1. The lowest BCUT2D eigenvalue weighted by molar-refractivity contribution is -0.350. The van der Waals surface area contributed by atoms with Gasteiger partial charge in [-0.3, -0.25) is 9.59 Å². The van der Waals surface area contributed by atoms with E-state index in [0.29, 0.717) is 6.42 Å². The van der Waals surface area contributed by atoms with Crippen molar-refractivity contribution in [3.8, 4) is 0 Å². The van der Waals surface area contributed by atoms with Gasteiger partial charge in [-0.05, 0) is 43.9 Å². The van der Waals surface area contributed by atoms with E-state index in [1.54, 1.807) is 0 Å². The Bertz CT molecular complexity index is 1040. The first-order chi connectivity index (χ1) is 20.9. The second kappa shape index (κ2) is 13.8. The van der Waals surface area contributed by atoms with Crippen LogP contribution in [-0.2, 0) is 42.8 Å². The highest BCUT2D eigenvalue weighted by Gasteiger charge is 2.59. The average molecular weight is 635 g/mol. The quantitative estimate of drug-likeness (QED) is 0.105. The van der Waals surface area contributed by atoms with Crippen LogP contribution in [-0.4, -0.2) is 147 Å². The van der Waals surface area contributed by atoms with E-state index in [4.69, 9.17) is 23.7 Å². The number of hydrogen-bond acceptors (Lipinski definition) is 15. The molecule has 5 aliphatic rings. The summed E-state index contributed by atoms with van der Waals surface area (Å²) in [5.74, 6) is -4.30. The van der Waals surface area contributed by atoms with Crippen LogP contribution in [0.15, 0.2) is 0 Å². The summed E-state index contributed by atoms with van der Waals surface area (Å²) in [6, 6.07) is 0. The third-order valence-corrected chi connectivity index (χ3v) is 9.71. The van der Waals surface area contributed by atoms with Gasteiger partial charge in [0.2, 0.25) is 0 Å². The molecule has 5 fully saturated rings. The predicted molar refractivity (Wildman–Crippen MR) is 140 cm³/mol. The van der Waals surface area contributed by atoms with E-state index in [0.717, 1.165) is 7.11 Å². The molecule has 16 heteroatoms. The van der Waals surface area contributed by atoms with Crippen LogP contribution in [0, 0.1) is 17.8 Å². The lowest BCUT2D eigenvalue weighted by Crippen LogP contribution is -2.67. The maximum Gasteiger partial charge on any atom is 0.332 e. The van der Waals surface area contributed by atoms with Crippen molar-refractivity contribution < 1.29 is 78.6 Å². The van der Waals surface area contributed by atoms with Crippen molar-refractivity contribution in [2.75, 3.05) is 13.7 Å². The fraction of sp³-hybridized carbons (Fsp3) is 0.893. The summed E-state index contributed by atoms with van der Waals surface area (Å²) in [6.45, 7) is -0.596.